The maximum Gasteiger partial charge on any atom is 0.119 e. The second-order valence-electron chi connectivity index (χ2n) is 5.32. The van der Waals surface area contributed by atoms with Crippen LogP contribution >= 0.6 is 0 Å². The fourth-order valence-corrected chi connectivity index (χ4v) is 2.43. The minimum absolute atomic E-state index is 0.0692. The van der Waals surface area contributed by atoms with Gasteiger partial charge >= 0.3 is 0 Å². The van der Waals surface area contributed by atoms with E-state index in [0.29, 0.717) is 12.3 Å². The highest BCUT2D eigenvalue weighted by molar-refractivity contribution is 5.25. The van der Waals surface area contributed by atoms with Crippen molar-refractivity contribution in [2.45, 2.75) is 51.2 Å². The van der Waals surface area contributed by atoms with Gasteiger partial charge in [0.05, 0.1) is 0 Å². The zero-order valence-electron chi connectivity index (χ0n) is 10.7. The van der Waals surface area contributed by atoms with Crippen LogP contribution in [0.4, 0.5) is 4.39 Å². The standard InChI is InChI=1S/C15H22FN/c1-11(2)13-7-5-12(6-8-13)10-14(16)15-4-3-9-17-15/h5-8,11,14-15,17H,3-4,9-10H2,1-2H3. The van der Waals surface area contributed by atoms with E-state index in [1.54, 1.807) is 0 Å². The van der Waals surface area contributed by atoms with Crippen LogP contribution in [0.5, 0.6) is 0 Å². The van der Waals surface area contributed by atoms with Crippen molar-refractivity contribution in [3.05, 3.63) is 35.4 Å². The summed E-state index contributed by atoms with van der Waals surface area (Å²) in [5.74, 6) is 0.543. The fourth-order valence-electron chi connectivity index (χ4n) is 2.43. The Balaban J connectivity index is 1.93. The van der Waals surface area contributed by atoms with E-state index in [1.807, 2.05) is 0 Å². The Morgan fingerprint density at radius 3 is 2.53 bits per heavy atom. The molecule has 0 radical (unpaired) electrons. The molecule has 2 heteroatoms. The summed E-state index contributed by atoms with van der Waals surface area (Å²) >= 11 is 0. The summed E-state index contributed by atoms with van der Waals surface area (Å²) in [5, 5.41) is 3.23. The molecule has 2 atom stereocenters. The highest BCUT2D eigenvalue weighted by Gasteiger charge is 2.24. The molecule has 1 aromatic rings. The van der Waals surface area contributed by atoms with Crippen LogP contribution in [-0.4, -0.2) is 18.8 Å². The van der Waals surface area contributed by atoms with Crippen LogP contribution in [0.25, 0.3) is 0 Å². The van der Waals surface area contributed by atoms with Crippen molar-refractivity contribution in [2.75, 3.05) is 6.54 Å². The van der Waals surface area contributed by atoms with Gasteiger partial charge in [0, 0.05) is 12.5 Å². The molecule has 1 aliphatic rings. The Kier molecular flexibility index (Phi) is 4.16. The highest BCUT2D eigenvalue weighted by Crippen LogP contribution is 2.19. The molecular formula is C15H22FN. The normalized spacial score (nSPS) is 22.0. The molecule has 1 aliphatic heterocycles. The first-order chi connectivity index (χ1) is 8.16. The summed E-state index contributed by atoms with van der Waals surface area (Å²) in [6.45, 7) is 5.32. The number of hydrogen-bond donors (Lipinski definition) is 1. The van der Waals surface area contributed by atoms with Crippen molar-refractivity contribution in [3.63, 3.8) is 0 Å². The first-order valence-electron chi connectivity index (χ1n) is 6.63. The van der Waals surface area contributed by atoms with Crippen molar-refractivity contribution in [2.24, 2.45) is 0 Å². The van der Waals surface area contributed by atoms with Crippen LogP contribution in [0.15, 0.2) is 24.3 Å². The molecule has 1 fully saturated rings. The van der Waals surface area contributed by atoms with Gasteiger partial charge in [0.2, 0.25) is 0 Å². The van der Waals surface area contributed by atoms with Gasteiger partial charge in [0.15, 0.2) is 0 Å². The number of rotatable bonds is 4. The second kappa shape index (κ2) is 5.63. The van der Waals surface area contributed by atoms with E-state index in [4.69, 9.17) is 0 Å². The molecule has 1 heterocycles. The highest BCUT2D eigenvalue weighted by atomic mass is 19.1. The summed E-state index contributed by atoms with van der Waals surface area (Å²) in [7, 11) is 0. The molecule has 0 saturated carbocycles. The van der Waals surface area contributed by atoms with Gasteiger partial charge < -0.3 is 5.32 Å². The van der Waals surface area contributed by atoms with Gasteiger partial charge in [-0.1, -0.05) is 38.1 Å². The van der Waals surface area contributed by atoms with Gasteiger partial charge in [-0.15, -0.1) is 0 Å². The number of benzene rings is 1. The summed E-state index contributed by atoms with van der Waals surface area (Å²) in [4.78, 5) is 0. The predicted molar refractivity (Wildman–Crippen MR) is 70.2 cm³/mol. The lowest BCUT2D eigenvalue weighted by atomic mass is 9.98. The van der Waals surface area contributed by atoms with E-state index in [0.717, 1.165) is 24.9 Å². The molecule has 1 nitrogen and oxygen atoms in total. The van der Waals surface area contributed by atoms with E-state index in [9.17, 15) is 4.39 Å². The molecule has 1 N–H and O–H groups in total. The van der Waals surface area contributed by atoms with Crippen LogP contribution in [0, 0.1) is 0 Å². The van der Waals surface area contributed by atoms with Gasteiger partial charge in [-0.25, -0.2) is 4.39 Å². The number of hydrogen-bond acceptors (Lipinski definition) is 1. The SMILES string of the molecule is CC(C)c1ccc(CC(F)C2CCCN2)cc1. The predicted octanol–water partition coefficient (Wildman–Crippen LogP) is 3.44. The lowest BCUT2D eigenvalue weighted by Crippen LogP contribution is -2.33. The number of nitrogens with one attached hydrogen (secondary N) is 1. The van der Waals surface area contributed by atoms with E-state index in [1.165, 1.54) is 5.56 Å². The van der Waals surface area contributed by atoms with Gasteiger partial charge in [0.25, 0.3) is 0 Å². The maximum absolute atomic E-state index is 14.0. The topological polar surface area (TPSA) is 12.0 Å². The maximum atomic E-state index is 14.0. The van der Waals surface area contributed by atoms with E-state index in [2.05, 4.69) is 43.4 Å². The molecule has 94 valence electrons. The summed E-state index contributed by atoms with van der Waals surface area (Å²) in [6.07, 6.45) is 1.88. The Labute approximate surface area is 103 Å². The molecular weight excluding hydrogens is 213 g/mol. The minimum Gasteiger partial charge on any atom is -0.311 e. The van der Waals surface area contributed by atoms with E-state index in [-0.39, 0.29) is 6.04 Å². The zero-order chi connectivity index (χ0) is 12.3. The van der Waals surface area contributed by atoms with Crippen molar-refractivity contribution >= 4 is 0 Å². The van der Waals surface area contributed by atoms with E-state index < -0.39 is 6.17 Å². The Morgan fingerprint density at radius 1 is 1.29 bits per heavy atom. The van der Waals surface area contributed by atoms with Gasteiger partial charge in [-0.05, 0) is 36.4 Å². The van der Waals surface area contributed by atoms with Gasteiger partial charge in [-0.3, -0.25) is 0 Å². The van der Waals surface area contributed by atoms with Gasteiger partial charge in [0.1, 0.15) is 6.17 Å². The molecule has 2 unspecified atom stereocenters. The minimum atomic E-state index is -0.748. The number of alkyl halides is 1. The smallest absolute Gasteiger partial charge is 0.119 e. The molecule has 0 aliphatic carbocycles. The van der Waals surface area contributed by atoms with Crippen molar-refractivity contribution in [3.8, 4) is 0 Å². The first-order valence-corrected chi connectivity index (χ1v) is 6.63. The summed E-state index contributed by atoms with van der Waals surface area (Å²) in [6, 6.07) is 8.44. The van der Waals surface area contributed by atoms with Crippen LogP contribution in [0.3, 0.4) is 0 Å². The molecule has 0 aromatic heterocycles. The molecule has 17 heavy (non-hydrogen) atoms. The summed E-state index contributed by atoms with van der Waals surface area (Å²) in [5.41, 5.74) is 2.43. The third-order valence-corrected chi connectivity index (χ3v) is 3.61. The molecule has 0 spiro atoms. The molecule has 1 saturated heterocycles. The van der Waals surface area contributed by atoms with Crippen LogP contribution in [0.1, 0.15) is 43.7 Å². The summed E-state index contributed by atoms with van der Waals surface area (Å²) < 4.78 is 14.0. The van der Waals surface area contributed by atoms with Crippen molar-refractivity contribution in [1.82, 2.24) is 5.32 Å². The molecule has 0 amide bonds. The quantitative estimate of drug-likeness (QED) is 0.843. The van der Waals surface area contributed by atoms with Crippen LogP contribution < -0.4 is 5.32 Å². The molecule has 2 rings (SSSR count). The molecule has 1 aromatic carbocycles. The Bertz CT molecular complexity index is 338. The monoisotopic (exact) mass is 235 g/mol. The lowest BCUT2D eigenvalue weighted by Gasteiger charge is -2.16. The third kappa shape index (κ3) is 3.29. The number of halogens is 1. The van der Waals surface area contributed by atoms with Crippen molar-refractivity contribution < 1.29 is 4.39 Å². The Hall–Kier alpha value is -0.890. The van der Waals surface area contributed by atoms with Gasteiger partial charge in [-0.2, -0.15) is 0 Å². The zero-order valence-corrected chi connectivity index (χ0v) is 10.7. The van der Waals surface area contributed by atoms with Crippen LogP contribution in [-0.2, 0) is 6.42 Å². The largest absolute Gasteiger partial charge is 0.311 e. The second-order valence-corrected chi connectivity index (χ2v) is 5.32. The van der Waals surface area contributed by atoms with E-state index >= 15 is 0 Å². The van der Waals surface area contributed by atoms with Crippen LogP contribution in [0.2, 0.25) is 0 Å². The van der Waals surface area contributed by atoms with Crippen molar-refractivity contribution in [1.29, 1.82) is 0 Å². The Morgan fingerprint density at radius 2 is 2.00 bits per heavy atom. The molecule has 0 bridgehead atoms. The third-order valence-electron chi connectivity index (χ3n) is 3.61. The first kappa shape index (κ1) is 12.6. The average Bonchev–Trinajstić information content (AvgIpc) is 2.83. The lowest BCUT2D eigenvalue weighted by molar-refractivity contribution is 0.263. The average molecular weight is 235 g/mol. The fraction of sp³-hybridized carbons (Fsp3) is 0.600.